The number of carbonyl (C=O) groups excluding carboxylic acids is 1. The number of halogens is 1. The summed E-state index contributed by atoms with van der Waals surface area (Å²) in [7, 11) is 0. The molecule has 0 aliphatic rings. The summed E-state index contributed by atoms with van der Waals surface area (Å²) in [6.45, 7) is 1.55. The number of hydrogen-bond acceptors (Lipinski definition) is 3. The molecule has 0 aliphatic heterocycles. The van der Waals surface area contributed by atoms with E-state index in [1.54, 1.807) is 0 Å². The first kappa shape index (κ1) is 13.6. The predicted octanol–water partition coefficient (Wildman–Crippen LogP) is 1.80. The molecule has 0 spiro atoms. The molecule has 1 aromatic rings. The summed E-state index contributed by atoms with van der Waals surface area (Å²) in [5.74, 6) is 0.835. The number of rotatable bonds is 4. The van der Waals surface area contributed by atoms with Gasteiger partial charge in [0.05, 0.1) is 10.5 Å². The van der Waals surface area contributed by atoms with Gasteiger partial charge in [0, 0.05) is 25.1 Å². The third kappa shape index (κ3) is 3.04. The van der Waals surface area contributed by atoms with Crippen molar-refractivity contribution in [1.29, 1.82) is 0 Å². The van der Waals surface area contributed by atoms with Gasteiger partial charge in [-0.1, -0.05) is 0 Å². The van der Waals surface area contributed by atoms with Crippen molar-refractivity contribution in [1.82, 2.24) is 5.32 Å². The standard InChI is InChI=1S/C12H11FN2O3/c1-3-4-5-14-12(16)10-7-9(15(17)18)6-8(2)11(10)13/h1,6-7H,4-5H2,2H3,(H,14,16). The molecule has 94 valence electrons. The van der Waals surface area contributed by atoms with Crippen molar-refractivity contribution in [3.63, 3.8) is 0 Å². The Labute approximate surface area is 103 Å². The molecule has 18 heavy (non-hydrogen) atoms. The van der Waals surface area contributed by atoms with E-state index >= 15 is 0 Å². The topological polar surface area (TPSA) is 72.2 Å². The highest BCUT2D eigenvalue weighted by molar-refractivity contribution is 5.95. The Hall–Kier alpha value is -2.42. The molecule has 0 unspecified atom stereocenters. The first-order chi connectivity index (χ1) is 8.47. The van der Waals surface area contributed by atoms with Crippen molar-refractivity contribution < 1.29 is 14.1 Å². The van der Waals surface area contributed by atoms with E-state index in [0.29, 0.717) is 6.42 Å². The predicted molar refractivity (Wildman–Crippen MR) is 63.6 cm³/mol. The lowest BCUT2D eigenvalue weighted by atomic mass is 10.1. The number of nitro groups is 1. The second-order valence-corrected chi connectivity index (χ2v) is 3.59. The van der Waals surface area contributed by atoms with Gasteiger partial charge in [-0.05, 0) is 12.5 Å². The van der Waals surface area contributed by atoms with Crippen LogP contribution in [0, 0.1) is 35.2 Å². The van der Waals surface area contributed by atoms with Gasteiger partial charge < -0.3 is 5.32 Å². The van der Waals surface area contributed by atoms with Crippen LogP contribution in [-0.4, -0.2) is 17.4 Å². The number of nitrogens with zero attached hydrogens (tertiary/aromatic N) is 1. The van der Waals surface area contributed by atoms with Gasteiger partial charge in [-0.3, -0.25) is 14.9 Å². The average Bonchev–Trinajstić information content (AvgIpc) is 2.32. The maximum Gasteiger partial charge on any atom is 0.270 e. The molecule has 0 fully saturated rings. The third-order valence-electron chi connectivity index (χ3n) is 2.25. The molecule has 0 bridgehead atoms. The number of hydrogen-bond donors (Lipinski definition) is 1. The minimum Gasteiger partial charge on any atom is -0.351 e. The Morgan fingerprint density at radius 2 is 2.28 bits per heavy atom. The van der Waals surface area contributed by atoms with Gasteiger partial charge in [0.2, 0.25) is 0 Å². The Kier molecular flexibility index (Phi) is 4.38. The quantitative estimate of drug-likeness (QED) is 0.383. The number of aryl methyl sites for hydroxylation is 1. The monoisotopic (exact) mass is 250 g/mol. The maximum absolute atomic E-state index is 13.7. The summed E-state index contributed by atoms with van der Waals surface area (Å²) in [4.78, 5) is 21.6. The van der Waals surface area contributed by atoms with Gasteiger partial charge in [0.25, 0.3) is 11.6 Å². The largest absolute Gasteiger partial charge is 0.351 e. The molecule has 0 saturated heterocycles. The van der Waals surface area contributed by atoms with Crippen molar-refractivity contribution >= 4 is 11.6 Å². The van der Waals surface area contributed by atoms with E-state index in [4.69, 9.17) is 6.42 Å². The zero-order chi connectivity index (χ0) is 13.7. The summed E-state index contributed by atoms with van der Waals surface area (Å²) in [5.41, 5.74) is -0.624. The lowest BCUT2D eigenvalue weighted by Crippen LogP contribution is -2.25. The molecule has 1 rings (SSSR count). The molecule has 0 radical (unpaired) electrons. The molecule has 1 amide bonds. The van der Waals surface area contributed by atoms with Gasteiger partial charge in [0.1, 0.15) is 5.82 Å². The molecule has 1 aromatic carbocycles. The highest BCUT2D eigenvalue weighted by Crippen LogP contribution is 2.20. The van der Waals surface area contributed by atoms with Gasteiger partial charge in [-0.15, -0.1) is 12.3 Å². The van der Waals surface area contributed by atoms with E-state index in [2.05, 4.69) is 11.2 Å². The minimum absolute atomic E-state index is 0.0475. The second-order valence-electron chi connectivity index (χ2n) is 3.59. The van der Waals surface area contributed by atoms with Crippen LogP contribution in [0.3, 0.4) is 0 Å². The van der Waals surface area contributed by atoms with E-state index in [1.165, 1.54) is 6.92 Å². The first-order valence-electron chi connectivity index (χ1n) is 5.13. The molecular weight excluding hydrogens is 239 g/mol. The van der Waals surface area contributed by atoms with Gasteiger partial charge in [-0.2, -0.15) is 0 Å². The van der Waals surface area contributed by atoms with Crippen LogP contribution in [0.1, 0.15) is 22.3 Å². The number of carbonyl (C=O) groups is 1. The van der Waals surface area contributed by atoms with E-state index in [-0.39, 0.29) is 23.4 Å². The fourth-order valence-electron chi connectivity index (χ4n) is 1.36. The minimum atomic E-state index is -0.765. The Bertz CT molecular complexity index is 535. The van der Waals surface area contributed by atoms with Gasteiger partial charge in [0.15, 0.2) is 0 Å². The van der Waals surface area contributed by atoms with Crippen LogP contribution >= 0.6 is 0 Å². The van der Waals surface area contributed by atoms with Crippen LogP contribution in [0.2, 0.25) is 0 Å². The van der Waals surface area contributed by atoms with E-state index in [0.717, 1.165) is 12.1 Å². The summed E-state index contributed by atoms with van der Waals surface area (Å²) in [5, 5.41) is 13.0. The molecule has 5 nitrogen and oxygen atoms in total. The highest BCUT2D eigenvalue weighted by atomic mass is 19.1. The number of amides is 1. The SMILES string of the molecule is C#CCCNC(=O)c1cc([N+](=O)[O-])cc(C)c1F. The third-order valence-corrected chi connectivity index (χ3v) is 2.25. The zero-order valence-corrected chi connectivity index (χ0v) is 9.70. The summed E-state index contributed by atoms with van der Waals surface area (Å²) < 4.78 is 13.7. The molecule has 0 saturated carbocycles. The lowest BCUT2D eigenvalue weighted by molar-refractivity contribution is -0.385. The van der Waals surface area contributed by atoms with Crippen molar-refractivity contribution in [2.24, 2.45) is 0 Å². The fraction of sp³-hybridized carbons (Fsp3) is 0.250. The smallest absolute Gasteiger partial charge is 0.270 e. The van der Waals surface area contributed by atoms with Gasteiger partial charge in [-0.25, -0.2) is 4.39 Å². The van der Waals surface area contributed by atoms with Crippen LogP contribution in [0.15, 0.2) is 12.1 Å². The molecular formula is C12H11FN2O3. The molecule has 0 aliphatic carbocycles. The van der Waals surface area contributed by atoms with Crippen molar-refractivity contribution in [2.75, 3.05) is 6.54 Å². The highest BCUT2D eigenvalue weighted by Gasteiger charge is 2.19. The molecule has 0 heterocycles. The first-order valence-corrected chi connectivity index (χ1v) is 5.13. The number of nitrogens with one attached hydrogen (secondary N) is 1. The number of non-ortho nitro benzene ring substituents is 1. The van der Waals surface area contributed by atoms with E-state index in [1.807, 2.05) is 0 Å². The molecule has 0 atom stereocenters. The molecule has 1 N–H and O–H groups in total. The van der Waals surface area contributed by atoms with E-state index in [9.17, 15) is 19.3 Å². The van der Waals surface area contributed by atoms with Gasteiger partial charge >= 0.3 is 0 Å². The molecule has 0 aromatic heterocycles. The normalized spacial score (nSPS) is 9.61. The fourth-order valence-corrected chi connectivity index (χ4v) is 1.36. The summed E-state index contributed by atoms with van der Waals surface area (Å²) in [6, 6.07) is 1.99. The Morgan fingerprint density at radius 3 is 2.83 bits per heavy atom. The van der Waals surface area contributed by atoms with Crippen molar-refractivity contribution in [3.8, 4) is 12.3 Å². The Balaban J connectivity index is 3.04. The zero-order valence-electron chi connectivity index (χ0n) is 9.70. The second kappa shape index (κ2) is 5.77. The molecule has 6 heteroatoms. The van der Waals surface area contributed by atoms with Crippen LogP contribution in [-0.2, 0) is 0 Å². The van der Waals surface area contributed by atoms with Crippen LogP contribution < -0.4 is 5.32 Å². The van der Waals surface area contributed by atoms with E-state index < -0.39 is 16.6 Å². The lowest BCUT2D eigenvalue weighted by Gasteiger charge is -2.06. The maximum atomic E-state index is 13.7. The Morgan fingerprint density at radius 1 is 1.61 bits per heavy atom. The van der Waals surface area contributed by atoms with Crippen molar-refractivity contribution in [3.05, 3.63) is 39.2 Å². The summed E-state index contributed by atoms with van der Waals surface area (Å²) in [6.07, 6.45) is 5.31. The number of nitro benzene ring substituents is 1. The van der Waals surface area contributed by atoms with Crippen LogP contribution in [0.5, 0.6) is 0 Å². The average molecular weight is 250 g/mol. The van der Waals surface area contributed by atoms with Crippen LogP contribution in [0.25, 0.3) is 0 Å². The number of benzene rings is 1. The number of terminal acetylenes is 1. The summed E-state index contributed by atoms with van der Waals surface area (Å²) >= 11 is 0. The van der Waals surface area contributed by atoms with Crippen molar-refractivity contribution in [2.45, 2.75) is 13.3 Å². The van der Waals surface area contributed by atoms with Crippen LogP contribution in [0.4, 0.5) is 10.1 Å².